The molecule has 26 heavy (non-hydrogen) atoms. The monoisotopic (exact) mass is 393 g/mol. The van der Waals surface area contributed by atoms with Crippen LogP contribution in [0.3, 0.4) is 0 Å². The van der Waals surface area contributed by atoms with E-state index in [1.807, 2.05) is 37.4 Å². The normalized spacial score (nSPS) is 11.8. The van der Waals surface area contributed by atoms with Crippen LogP contribution in [-0.2, 0) is 11.6 Å². The number of benzene rings is 1. The summed E-state index contributed by atoms with van der Waals surface area (Å²) in [7, 11) is 0. The van der Waals surface area contributed by atoms with E-state index >= 15 is 0 Å². The fraction of sp³-hybridized carbons (Fsp3) is 0.353. The van der Waals surface area contributed by atoms with Gasteiger partial charge in [0.2, 0.25) is 5.95 Å². The first-order valence-electron chi connectivity index (χ1n) is 8.04. The van der Waals surface area contributed by atoms with Crippen LogP contribution < -0.4 is 5.32 Å². The molecule has 7 nitrogen and oxygen atoms in total. The van der Waals surface area contributed by atoms with Gasteiger partial charge in [-0.2, -0.15) is 23.0 Å². The molecule has 3 rings (SSSR count). The third-order valence-electron chi connectivity index (χ3n) is 3.85. The van der Waals surface area contributed by atoms with E-state index in [-0.39, 0.29) is 6.04 Å². The van der Waals surface area contributed by atoms with Crippen LogP contribution in [-0.4, -0.2) is 28.0 Å². The fourth-order valence-corrected chi connectivity index (χ4v) is 2.90. The highest BCUT2D eigenvalue weighted by molar-refractivity contribution is 7.51. The van der Waals surface area contributed by atoms with Crippen LogP contribution in [0.4, 0.5) is 5.95 Å². The molecule has 2 aromatic heterocycles. The number of aromatic nitrogens is 4. The minimum Gasteiger partial charge on any atom is -0.347 e. The first-order chi connectivity index (χ1) is 12.4. The van der Waals surface area contributed by atoms with Gasteiger partial charge in [0.1, 0.15) is 5.82 Å². The predicted octanol–water partition coefficient (Wildman–Crippen LogP) is 3.71. The van der Waals surface area contributed by atoms with E-state index in [4.69, 9.17) is 20.0 Å². The van der Waals surface area contributed by atoms with Gasteiger partial charge in [0, 0.05) is 10.6 Å². The number of rotatable bonds is 4. The van der Waals surface area contributed by atoms with Crippen molar-refractivity contribution in [2.24, 2.45) is 0 Å². The number of aryl methyl sites for hydroxylation is 1. The SMILES string of the molecule is Cc1nc(NC(C)c2ccccc2Cl)n2ncc(C(C)C)c2n1.O=S=O. The Hall–Kier alpha value is -2.32. The fourth-order valence-electron chi connectivity index (χ4n) is 2.60. The lowest BCUT2D eigenvalue weighted by molar-refractivity contribution is 0.630. The van der Waals surface area contributed by atoms with Crippen molar-refractivity contribution in [3.63, 3.8) is 0 Å². The number of hydrogen-bond donors (Lipinski definition) is 1. The molecule has 3 aromatic rings. The summed E-state index contributed by atoms with van der Waals surface area (Å²) >= 11 is 5.54. The van der Waals surface area contributed by atoms with Crippen LogP contribution in [0.25, 0.3) is 5.65 Å². The van der Waals surface area contributed by atoms with Gasteiger partial charge in [0.15, 0.2) is 5.65 Å². The molecule has 0 saturated carbocycles. The Morgan fingerprint density at radius 1 is 1.12 bits per heavy atom. The highest BCUT2D eigenvalue weighted by Gasteiger charge is 2.16. The zero-order valence-corrected chi connectivity index (χ0v) is 16.5. The van der Waals surface area contributed by atoms with Gasteiger partial charge in [-0.05, 0) is 31.4 Å². The Balaban J connectivity index is 0.000000758. The third kappa shape index (κ3) is 4.44. The Labute approximate surface area is 160 Å². The molecule has 0 aliphatic rings. The highest BCUT2D eigenvalue weighted by atomic mass is 35.5. The van der Waals surface area contributed by atoms with E-state index < -0.39 is 11.6 Å². The number of nitrogens with zero attached hydrogens (tertiary/aromatic N) is 4. The zero-order valence-electron chi connectivity index (χ0n) is 14.9. The van der Waals surface area contributed by atoms with Crippen molar-refractivity contribution in [1.82, 2.24) is 19.6 Å². The van der Waals surface area contributed by atoms with E-state index in [9.17, 15) is 0 Å². The predicted molar refractivity (Wildman–Crippen MR) is 102 cm³/mol. The van der Waals surface area contributed by atoms with E-state index in [1.165, 1.54) is 0 Å². The molecule has 1 atom stereocenters. The van der Waals surface area contributed by atoms with Gasteiger partial charge in [-0.3, -0.25) is 0 Å². The van der Waals surface area contributed by atoms with Crippen LogP contribution >= 0.6 is 11.6 Å². The summed E-state index contributed by atoms with van der Waals surface area (Å²) in [4.78, 5) is 9.04. The van der Waals surface area contributed by atoms with E-state index in [2.05, 4.69) is 41.2 Å². The summed E-state index contributed by atoms with van der Waals surface area (Å²) in [5.74, 6) is 1.75. The first kappa shape index (κ1) is 20.0. The van der Waals surface area contributed by atoms with Crippen molar-refractivity contribution in [1.29, 1.82) is 0 Å². The third-order valence-corrected chi connectivity index (χ3v) is 4.19. The maximum atomic E-state index is 8.29. The molecule has 1 aromatic carbocycles. The van der Waals surface area contributed by atoms with Gasteiger partial charge in [-0.1, -0.05) is 43.6 Å². The standard InChI is InChI=1S/C17H20ClN5.O2S/c1-10(2)14-9-19-23-16(14)21-12(4)22-17(23)20-11(3)13-7-5-6-8-15(13)18;1-3-2/h5-11H,1-4H3,(H,20,21,22);. The second-order valence-electron chi connectivity index (χ2n) is 6.04. The van der Waals surface area contributed by atoms with Crippen LogP contribution in [0, 0.1) is 6.92 Å². The molecule has 0 bridgehead atoms. The maximum Gasteiger partial charge on any atom is 0.335 e. The molecule has 0 spiro atoms. The molecule has 0 aliphatic heterocycles. The number of halogens is 1. The van der Waals surface area contributed by atoms with Crippen LogP contribution in [0.2, 0.25) is 5.02 Å². The Morgan fingerprint density at radius 3 is 2.38 bits per heavy atom. The smallest absolute Gasteiger partial charge is 0.335 e. The molecule has 0 radical (unpaired) electrons. The van der Waals surface area contributed by atoms with Crippen molar-refractivity contribution in [2.75, 3.05) is 5.32 Å². The lowest BCUT2D eigenvalue weighted by Crippen LogP contribution is -2.14. The topological polar surface area (TPSA) is 89.2 Å². The second-order valence-corrected chi connectivity index (χ2v) is 6.58. The molecule has 1 N–H and O–H groups in total. The van der Waals surface area contributed by atoms with Crippen molar-refractivity contribution >= 4 is 34.8 Å². The molecule has 0 fully saturated rings. The molecule has 9 heteroatoms. The summed E-state index contributed by atoms with van der Waals surface area (Å²) in [6, 6.07) is 7.81. The van der Waals surface area contributed by atoms with Gasteiger partial charge >= 0.3 is 11.6 Å². The zero-order chi connectivity index (χ0) is 19.3. The average molecular weight is 394 g/mol. The van der Waals surface area contributed by atoms with E-state index in [0.717, 1.165) is 21.8 Å². The average Bonchev–Trinajstić information content (AvgIpc) is 3.00. The van der Waals surface area contributed by atoms with Gasteiger partial charge in [0.25, 0.3) is 0 Å². The van der Waals surface area contributed by atoms with E-state index in [0.29, 0.717) is 17.7 Å². The van der Waals surface area contributed by atoms with Gasteiger partial charge in [-0.15, -0.1) is 0 Å². The summed E-state index contributed by atoms with van der Waals surface area (Å²) in [6.07, 6.45) is 1.86. The lowest BCUT2D eigenvalue weighted by atomic mass is 10.1. The summed E-state index contributed by atoms with van der Waals surface area (Å²) < 4.78 is 18.3. The first-order valence-corrected chi connectivity index (χ1v) is 9.08. The molecule has 0 saturated heterocycles. The van der Waals surface area contributed by atoms with Gasteiger partial charge in [-0.25, -0.2) is 4.98 Å². The van der Waals surface area contributed by atoms with Crippen molar-refractivity contribution < 1.29 is 8.42 Å². The van der Waals surface area contributed by atoms with Gasteiger partial charge < -0.3 is 5.32 Å². The number of hydrogen-bond acceptors (Lipinski definition) is 6. The summed E-state index contributed by atoms with van der Waals surface area (Å²) in [5.41, 5.74) is 2.99. The van der Waals surface area contributed by atoms with Crippen molar-refractivity contribution in [2.45, 2.75) is 39.7 Å². The quantitative estimate of drug-likeness (QED) is 0.726. The largest absolute Gasteiger partial charge is 0.347 e. The molecule has 2 heterocycles. The van der Waals surface area contributed by atoms with Crippen molar-refractivity contribution in [3.05, 3.63) is 52.4 Å². The molecule has 138 valence electrons. The van der Waals surface area contributed by atoms with Crippen LogP contribution in [0.1, 0.15) is 49.7 Å². The lowest BCUT2D eigenvalue weighted by Gasteiger charge is -2.17. The number of nitrogens with one attached hydrogen (secondary N) is 1. The minimum atomic E-state index is -0.750. The van der Waals surface area contributed by atoms with Crippen molar-refractivity contribution in [3.8, 4) is 0 Å². The van der Waals surface area contributed by atoms with Crippen LogP contribution in [0.5, 0.6) is 0 Å². The van der Waals surface area contributed by atoms with Gasteiger partial charge in [0.05, 0.1) is 12.2 Å². The highest BCUT2D eigenvalue weighted by Crippen LogP contribution is 2.26. The molecule has 1 unspecified atom stereocenters. The minimum absolute atomic E-state index is 0.00731. The molecular weight excluding hydrogens is 374 g/mol. The van der Waals surface area contributed by atoms with Crippen LogP contribution in [0.15, 0.2) is 30.5 Å². The Morgan fingerprint density at radius 2 is 1.77 bits per heavy atom. The van der Waals surface area contributed by atoms with E-state index in [1.54, 1.807) is 4.52 Å². The number of anilines is 1. The second kappa shape index (κ2) is 8.86. The molecule has 0 aliphatic carbocycles. The summed E-state index contributed by atoms with van der Waals surface area (Å²) in [6.45, 7) is 8.21. The Kier molecular flexibility index (Phi) is 6.82. The molecular formula is C17H20ClN5O2S. The molecule has 0 amide bonds. The number of fused-ring (bicyclic) bond motifs is 1. The Bertz CT molecular complexity index is 938. The summed E-state index contributed by atoms with van der Waals surface area (Å²) in [5, 5.41) is 8.58. The maximum absolute atomic E-state index is 8.29.